The number of hydrogen-bond acceptors (Lipinski definition) is 2. The van der Waals surface area contributed by atoms with Crippen LogP contribution < -0.4 is 5.32 Å². The summed E-state index contributed by atoms with van der Waals surface area (Å²) in [6, 6.07) is 4.35. The highest BCUT2D eigenvalue weighted by molar-refractivity contribution is 5.94. The predicted octanol–water partition coefficient (Wildman–Crippen LogP) is 3.25. The Hall–Kier alpha value is -2.44. The largest absolute Gasteiger partial charge is 0.412 e. The summed E-state index contributed by atoms with van der Waals surface area (Å²) in [6.07, 6.45) is -2.14. The maximum absolute atomic E-state index is 13.1. The van der Waals surface area contributed by atoms with Gasteiger partial charge >= 0.3 is 6.18 Å². The minimum atomic E-state index is -4.70. The summed E-state index contributed by atoms with van der Waals surface area (Å²) in [7, 11) is 0. The van der Waals surface area contributed by atoms with Crippen molar-refractivity contribution in [1.29, 1.82) is 0 Å². The van der Waals surface area contributed by atoms with E-state index in [0.717, 1.165) is 30.5 Å². The van der Waals surface area contributed by atoms with Crippen molar-refractivity contribution in [2.24, 2.45) is 0 Å². The van der Waals surface area contributed by atoms with Crippen molar-refractivity contribution in [1.82, 2.24) is 10.3 Å². The van der Waals surface area contributed by atoms with Crippen LogP contribution in [0.25, 0.3) is 0 Å². The molecule has 1 aromatic carbocycles. The SMILES string of the molecule is O=C(N[C@H](c1ccc(F)cc1)C(F)(F)F)c1cccnc1. The Balaban J connectivity index is 2.26. The fraction of sp³-hybridized carbons (Fsp3) is 0.143. The Labute approximate surface area is 117 Å². The molecule has 0 bridgehead atoms. The van der Waals surface area contributed by atoms with E-state index in [9.17, 15) is 22.4 Å². The lowest BCUT2D eigenvalue weighted by atomic mass is 10.1. The van der Waals surface area contributed by atoms with Crippen molar-refractivity contribution in [3.63, 3.8) is 0 Å². The van der Waals surface area contributed by atoms with Crippen LogP contribution in [0, 0.1) is 5.82 Å². The van der Waals surface area contributed by atoms with E-state index >= 15 is 0 Å². The highest BCUT2D eigenvalue weighted by Gasteiger charge is 2.42. The Kier molecular flexibility index (Phi) is 4.21. The third-order valence-electron chi connectivity index (χ3n) is 2.73. The Bertz CT molecular complexity index is 611. The van der Waals surface area contributed by atoms with E-state index < -0.39 is 23.9 Å². The number of rotatable bonds is 3. The normalized spacial score (nSPS) is 12.8. The van der Waals surface area contributed by atoms with Crippen molar-refractivity contribution in [3.8, 4) is 0 Å². The molecule has 1 heterocycles. The summed E-state index contributed by atoms with van der Waals surface area (Å²) < 4.78 is 52.0. The quantitative estimate of drug-likeness (QED) is 0.884. The van der Waals surface area contributed by atoms with Gasteiger partial charge in [0.05, 0.1) is 5.56 Å². The van der Waals surface area contributed by atoms with E-state index in [1.807, 2.05) is 5.32 Å². The first-order valence-electron chi connectivity index (χ1n) is 5.91. The van der Waals surface area contributed by atoms with Gasteiger partial charge in [0.15, 0.2) is 6.04 Å². The van der Waals surface area contributed by atoms with E-state index in [0.29, 0.717) is 0 Å². The summed E-state index contributed by atoms with van der Waals surface area (Å²) in [5, 5.41) is 1.88. The zero-order chi connectivity index (χ0) is 15.5. The number of nitrogens with one attached hydrogen (secondary N) is 1. The molecule has 21 heavy (non-hydrogen) atoms. The van der Waals surface area contributed by atoms with Gasteiger partial charge in [-0.3, -0.25) is 9.78 Å². The van der Waals surface area contributed by atoms with Crippen LogP contribution in [0.2, 0.25) is 0 Å². The zero-order valence-electron chi connectivity index (χ0n) is 10.6. The van der Waals surface area contributed by atoms with E-state index in [1.165, 1.54) is 18.3 Å². The topological polar surface area (TPSA) is 42.0 Å². The number of nitrogens with zero attached hydrogens (tertiary/aromatic N) is 1. The maximum atomic E-state index is 13.1. The van der Waals surface area contributed by atoms with Gasteiger partial charge in [0.25, 0.3) is 5.91 Å². The van der Waals surface area contributed by atoms with Gasteiger partial charge in [0.1, 0.15) is 5.82 Å². The van der Waals surface area contributed by atoms with Crippen LogP contribution in [0.4, 0.5) is 17.6 Å². The molecule has 0 unspecified atom stereocenters. The van der Waals surface area contributed by atoms with E-state index in [2.05, 4.69) is 4.98 Å². The van der Waals surface area contributed by atoms with E-state index in [1.54, 1.807) is 0 Å². The summed E-state index contributed by atoms with van der Waals surface area (Å²) in [5.41, 5.74) is -0.241. The minimum Gasteiger partial charge on any atom is -0.337 e. The second-order valence-electron chi connectivity index (χ2n) is 4.24. The molecule has 1 atom stereocenters. The average Bonchev–Trinajstić information content (AvgIpc) is 2.45. The molecule has 0 saturated carbocycles. The number of aromatic nitrogens is 1. The average molecular weight is 298 g/mol. The Morgan fingerprint density at radius 2 is 1.81 bits per heavy atom. The van der Waals surface area contributed by atoms with Gasteiger partial charge < -0.3 is 5.32 Å². The van der Waals surface area contributed by atoms with Crippen molar-refractivity contribution in [3.05, 3.63) is 65.7 Å². The van der Waals surface area contributed by atoms with E-state index in [4.69, 9.17) is 0 Å². The lowest BCUT2D eigenvalue weighted by Crippen LogP contribution is -2.38. The van der Waals surface area contributed by atoms with Gasteiger partial charge in [0.2, 0.25) is 0 Å². The van der Waals surface area contributed by atoms with Crippen molar-refractivity contribution < 1.29 is 22.4 Å². The number of hydrogen-bond donors (Lipinski definition) is 1. The molecular formula is C14H10F4N2O. The molecule has 0 aliphatic rings. The first kappa shape index (κ1) is 15.0. The Morgan fingerprint density at radius 1 is 1.14 bits per heavy atom. The summed E-state index contributed by atoms with van der Waals surface area (Å²) >= 11 is 0. The summed E-state index contributed by atoms with van der Waals surface area (Å²) in [4.78, 5) is 15.5. The smallest absolute Gasteiger partial charge is 0.337 e. The molecule has 1 amide bonds. The molecule has 0 spiro atoms. The third kappa shape index (κ3) is 3.77. The highest BCUT2D eigenvalue weighted by Crippen LogP contribution is 2.32. The van der Waals surface area contributed by atoms with Gasteiger partial charge in [-0.15, -0.1) is 0 Å². The molecule has 110 valence electrons. The van der Waals surface area contributed by atoms with Gasteiger partial charge in [0, 0.05) is 12.4 Å². The van der Waals surface area contributed by atoms with Crippen LogP contribution in [0.15, 0.2) is 48.8 Å². The number of benzene rings is 1. The lowest BCUT2D eigenvalue weighted by molar-refractivity contribution is -0.155. The maximum Gasteiger partial charge on any atom is 0.412 e. The summed E-state index contributed by atoms with van der Waals surface area (Å²) in [6.45, 7) is 0. The lowest BCUT2D eigenvalue weighted by Gasteiger charge is -2.22. The monoisotopic (exact) mass is 298 g/mol. The standard InChI is InChI=1S/C14H10F4N2O/c15-11-5-3-9(4-6-11)12(14(16,17)18)20-13(21)10-2-1-7-19-8-10/h1-8,12H,(H,20,21)/t12-/m1/s1. The summed E-state index contributed by atoms with van der Waals surface area (Å²) in [5.74, 6) is -1.56. The first-order valence-corrected chi connectivity index (χ1v) is 5.91. The fourth-order valence-corrected chi connectivity index (χ4v) is 1.72. The number of alkyl halides is 3. The van der Waals surface area contributed by atoms with Gasteiger partial charge in [-0.25, -0.2) is 4.39 Å². The molecule has 2 rings (SSSR count). The van der Waals surface area contributed by atoms with E-state index in [-0.39, 0.29) is 11.1 Å². The first-order chi connectivity index (χ1) is 9.88. The third-order valence-corrected chi connectivity index (χ3v) is 2.73. The zero-order valence-corrected chi connectivity index (χ0v) is 10.6. The second-order valence-corrected chi connectivity index (χ2v) is 4.24. The molecule has 0 aliphatic carbocycles. The second kappa shape index (κ2) is 5.90. The molecule has 2 aromatic rings. The molecule has 0 saturated heterocycles. The van der Waals surface area contributed by atoms with Crippen LogP contribution >= 0.6 is 0 Å². The molecule has 0 radical (unpaired) electrons. The number of pyridine rings is 1. The Morgan fingerprint density at radius 3 is 2.33 bits per heavy atom. The number of carbonyl (C=O) groups is 1. The van der Waals surface area contributed by atoms with Crippen LogP contribution in [-0.2, 0) is 0 Å². The minimum absolute atomic E-state index is 0.00821. The van der Waals surface area contributed by atoms with Crippen LogP contribution in [0.3, 0.4) is 0 Å². The van der Waals surface area contributed by atoms with Gasteiger partial charge in [-0.2, -0.15) is 13.2 Å². The predicted molar refractivity (Wildman–Crippen MR) is 66.9 cm³/mol. The fourth-order valence-electron chi connectivity index (χ4n) is 1.72. The van der Waals surface area contributed by atoms with Gasteiger partial charge in [-0.1, -0.05) is 12.1 Å². The molecule has 7 heteroatoms. The number of halogens is 4. The van der Waals surface area contributed by atoms with Crippen LogP contribution in [0.1, 0.15) is 22.0 Å². The number of carbonyl (C=O) groups excluding carboxylic acids is 1. The molecule has 0 fully saturated rings. The van der Waals surface area contributed by atoms with Gasteiger partial charge in [-0.05, 0) is 29.8 Å². The number of amides is 1. The highest BCUT2D eigenvalue weighted by atomic mass is 19.4. The molecule has 0 aliphatic heterocycles. The van der Waals surface area contributed by atoms with Crippen LogP contribution in [-0.4, -0.2) is 17.1 Å². The van der Waals surface area contributed by atoms with Crippen molar-refractivity contribution in [2.75, 3.05) is 0 Å². The molecule has 1 N–H and O–H groups in total. The van der Waals surface area contributed by atoms with Crippen LogP contribution in [0.5, 0.6) is 0 Å². The van der Waals surface area contributed by atoms with Crippen molar-refractivity contribution >= 4 is 5.91 Å². The molecule has 3 nitrogen and oxygen atoms in total. The molecular weight excluding hydrogens is 288 g/mol. The molecule has 1 aromatic heterocycles. The van der Waals surface area contributed by atoms with Crippen molar-refractivity contribution in [2.45, 2.75) is 12.2 Å².